The molecule has 0 unspecified atom stereocenters. The summed E-state index contributed by atoms with van der Waals surface area (Å²) >= 11 is 0. The summed E-state index contributed by atoms with van der Waals surface area (Å²) in [5.74, 6) is -2.33. The van der Waals surface area contributed by atoms with E-state index in [2.05, 4.69) is 0 Å². The molecule has 0 fully saturated rings. The Balaban J connectivity index is 2.60. The predicted octanol–water partition coefficient (Wildman–Crippen LogP) is 2.45. The molecule has 0 aliphatic rings. The van der Waals surface area contributed by atoms with Gasteiger partial charge in [0.15, 0.2) is 0 Å². The van der Waals surface area contributed by atoms with E-state index < -0.39 is 17.9 Å². The number of pyridine rings is 1. The van der Waals surface area contributed by atoms with Crippen LogP contribution in [0.25, 0.3) is 16.3 Å². The first-order valence-corrected chi connectivity index (χ1v) is 7.35. The molecule has 1 aromatic carbocycles. The van der Waals surface area contributed by atoms with Crippen molar-refractivity contribution in [2.45, 2.75) is 0 Å². The minimum absolute atomic E-state index is 0.0356. The molecule has 25 heavy (non-hydrogen) atoms. The van der Waals surface area contributed by atoms with Crippen LogP contribution in [0.2, 0.25) is 0 Å². The molecule has 2 aromatic heterocycles. The van der Waals surface area contributed by atoms with Crippen LogP contribution in [0.15, 0.2) is 36.5 Å². The Morgan fingerprint density at radius 1 is 0.800 bits per heavy atom. The fourth-order valence-electron chi connectivity index (χ4n) is 2.91. The molecule has 0 saturated heterocycles. The number of nitrogens with zero attached hydrogens (tertiary/aromatic N) is 1. The van der Waals surface area contributed by atoms with E-state index in [1.807, 2.05) is 12.1 Å². The molecule has 128 valence electrons. The highest BCUT2D eigenvalue weighted by atomic mass is 16.5. The molecule has 0 bridgehead atoms. The summed E-state index contributed by atoms with van der Waals surface area (Å²) in [5.41, 5.74) is 0.0744. The monoisotopic (exact) mass is 341 g/mol. The Morgan fingerprint density at radius 3 is 2.04 bits per heavy atom. The molecule has 0 atom stereocenters. The van der Waals surface area contributed by atoms with E-state index >= 15 is 0 Å². The molecule has 0 aliphatic heterocycles. The first-order chi connectivity index (χ1) is 12.0. The Bertz CT molecular complexity index is 1020. The van der Waals surface area contributed by atoms with Gasteiger partial charge in [-0.2, -0.15) is 0 Å². The second-order valence-electron chi connectivity index (χ2n) is 5.19. The van der Waals surface area contributed by atoms with Gasteiger partial charge in [0.25, 0.3) is 0 Å². The number of esters is 3. The normalized spacial score (nSPS) is 10.7. The number of aromatic nitrogens is 1. The van der Waals surface area contributed by atoms with Gasteiger partial charge in [-0.1, -0.05) is 24.3 Å². The minimum Gasteiger partial charge on any atom is -0.465 e. The molecule has 7 heteroatoms. The van der Waals surface area contributed by atoms with Crippen LogP contribution in [-0.2, 0) is 14.2 Å². The van der Waals surface area contributed by atoms with Crippen LogP contribution in [0, 0.1) is 0 Å². The lowest BCUT2D eigenvalue weighted by Gasteiger charge is -2.05. The van der Waals surface area contributed by atoms with Crippen LogP contribution in [0.3, 0.4) is 0 Å². The predicted molar refractivity (Wildman–Crippen MR) is 88.9 cm³/mol. The molecule has 2 heterocycles. The number of hydrogen-bond donors (Lipinski definition) is 0. The summed E-state index contributed by atoms with van der Waals surface area (Å²) in [7, 11) is 3.57. The SMILES string of the molecule is COC(=O)c1c(C(=O)OC)c2c3ccccc3ccn2c1C(=O)OC. The minimum atomic E-state index is -0.825. The van der Waals surface area contributed by atoms with Gasteiger partial charge in [0.05, 0.1) is 26.8 Å². The van der Waals surface area contributed by atoms with Crippen molar-refractivity contribution >= 4 is 34.2 Å². The largest absolute Gasteiger partial charge is 0.465 e. The maximum absolute atomic E-state index is 12.4. The van der Waals surface area contributed by atoms with Gasteiger partial charge in [-0.3, -0.25) is 0 Å². The second-order valence-corrected chi connectivity index (χ2v) is 5.19. The fourth-order valence-corrected chi connectivity index (χ4v) is 2.91. The van der Waals surface area contributed by atoms with Gasteiger partial charge in [0.2, 0.25) is 0 Å². The quantitative estimate of drug-likeness (QED) is 0.537. The van der Waals surface area contributed by atoms with Crippen molar-refractivity contribution in [1.29, 1.82) is 0 Å². The van der Waals surface area contributed by atoms with Crippen LogP contribution in [0.4, 0.5) is 0 Å². The van der Waals surface area contributed by atoms with Crippen molar-refractivity contribution in [3.05, 3.63) is 53.3 Å². The molecule has 3 rings (SSSR count). The van der Waals surface area contributed by atoms with E-state index in [1.165, 1.54) is 25.7 Å². The van der Waals surface area contributed by atoms with E-state index in [4.69, 9.17) is 14.2 Å². The molecular formula is C18H15NO6. The first-order valence-electron chi connectivity index (χ1n) is 7.35. The second kappa shape index (κ2) is 6.27. The number of methoxy groups -OCH3 is 3. The van der Waals surface area contributed by atoms with Crippen LogP contribution in [-0.4, -0.2) is 43.6 Å². The van der Waals surface area contributed by atoms with Gasteiger partial charge in [-0.05, 0) is 11.5 Å². The number of rotatable bonds is 3. The summed E-state index contributed by atoms with van der Waals surface area (Å²) in [6, 6.07) is 9.07. The summed E-state index contributed by atoms with van der Waals surface area (Å²) in [4.78, 5) is 37.1. The highest BCUT2D eigenvalue weighted by Gasteiger charge is 2.33. The molecule has 7 nitrogen and oxygen atoms in total. The smallest absolute Gasteiger partial charge is 0.355 e. The van der Waals surface area contributed by atoms with E-state index in [1.54, 1.807) is 24.4 Å². The van der Waals surface area contributed by atoms with E-state index in [-0.39, 0.29) is 16.8 Å². The maximum atomic E-state index is 12.4. The molecule has 0 saturated carbocycles. The van der Waals surface area contributed by atoms with Crippen LogP contribution < -0.4 is 0 Å². The molecule has 0 aliphatic carbocycles. The molecular weight excluding hydrogens is 326 g/mol. The standard InChI is InChI=1S/C18H15NO6/c1-23-16(20)12-13(17(21)24-2)15(18(22)25-3)19-9-8-10-6-4-5-7-11(10)14(12)19/h4-9H,1-3H3. The lowest BCUT2D eigenvalue weighted by Crippen LogP contribution is -2.15. The van der Waals surface area contributed by atoms with Crippen molar-refractivity contribution in [3.8, 4) is 0 Å². The number of carbonyl (C=O) groups excluding carboxylic acids is 3. The highest BCUT2D eigenvalue weighted by molar-refractivity contribution is 6.18. The van der Waals surface area contributed by atoms with Crippen molar-refractivity contribution < 1.29 is 28.6 Å². The molecule has 0 amide bonds. The number of benzene rings is 1. The van der Waals surface area contributed by atoms with Crippen LogP contribution in [0.1, 0.15) is 31.2 Å². The van der Waals surface area contributed by atoms with Crippen molar-refractivity contribution in [3.63, 3.8) is 0 Å². The number of ether oxygens (including phenoxy) is 3. The summed E-state index contributed by atoms with van der Waals surface area (Å²) in [6.45, 7) is 0. The topological polar surface area (TPSA) is 83.3 Å². The van der Waals surface area contributed by atoms with Crippen molar-refractivity contribution in [2.24, 2.45) is 0 Å². The lowest BCUT2D eigenvalue weighted by molar-refractivity contribution is 0.0536. The molecule has 0 radical (unpaired) electrons. The summed E-state index contributed by atoms with van der Waals surface area (Å²) in [5, 5.41) is 1.52. The number of carbonyl (C=O) groups is 3. The highest BCUT2D eigenvalue weighted by Crippen LogP contribution is 2.31. The summed E-state index contributed by atoms with van der Waals surface area (Å²) in [6.07, 6.45) is 1.60. The van der Waals surface area contributed by atoms with Gasteiger partial charge < -0.3 is 18.6 Å². The third-order valence-corrected chi connectivity index (χ3v) is 3.98. The zero-order valence-corrected chi connectivity index (χ0v) is 13.9. The Labute approximate surface area is 142 Å². The molecule has 3 aromatic rings. The Morgan fingerprint density at radius 2 is 1.40 bits per heavy atom. The zero-order chi connectivity index (χ0) is 18.1. The van der Waals surface area contributed by atoms with E-state index in [9.17, 15) is 14.4 Å². The fraction of sp³-hybridized carbons (Fsp3) is 0.167. The van der Waals surface area contributed by atoms with E-state index in [0.29, 0.717) is 10.9 Å². The van der Waals surface area contributed by atoms with Gasteiger partial charge in [-0.25, -0.2) is 14.4 Å². The zero-order valence-electron chi connectivity index (χ0n) is 13.9. The number of hydrogen-bond acceptors (Lipinski definition) is 6. The third-order valence-electron chi connectivity index (χ3n) is 3.98. The molecule has 0 N–H and O–H groups in total. The van der Waals surface area contributed by atoms with E-state index in [0.717, 1.165) is 5.39 Å². The summed E-state index contributed by atoms with van der Waals surface area (Å²) < 4.78 is 15.9. The van der Waals surface area contributed by atoms with Gasteiger partial charge in [0, 0.05) is 11.6 Å². The lowest BCUT2D eigenvalue weighted by atomic mass is 10.1. The average Bonchev–Trinajstić information content (AvgIpc) is 3.01. The van der Waals surface area contributed by atoms with Crippen molar-refractivity contribution in [2.75, 3.05) is 21.3 Å². The Kier molecular flexibility index (Phi) is 4.14. The van der Waals surface area contributed by atoms with Gasteiger partial charge in [0.1, 0.15) is 16.8 Å². The van der Waals surface area contributed by atoms with Crippen molar-refractivity contribution in [1.82, 2.24) is 4.40 Å². The third kappa shape index (κ3) is 2.40. The van der Waals surface area contributed by atoms with Gasteiger partial charge >= 0.3 is 17.9 Å². The maximum Gasteiger partial charge on any atom is 0.355 e. The number of fused-ring (bicyclic) bond motifs is 3. The Hall–Kier alpha value is -3.35. The van der Waals surface area contributed by atoms with Gasteiger partial charge in [-0.15, -0.1) is 0 Å². The average molecular weight is 341 g/mol. The first kappa shape index (κ1) is 16.5. The molecule has 0 spiro atoms. The van der Waals surface area contributed by atoms with Crippen LogP contribution >= 0.6 is 0 Å². The van der Waals surface area contributed by atoms with Crippen LogP contribution in [0.5, 0.6) is 0 Å².